The average molecular weight is 389 g/mol. The zero-order valence-corrected chi connectivity index (χ0v) is 15.3. The van der Waals surface area contributed by atoms with Gasteiger partial charge in [0.15, 0.2) is 11.6 Å². The van der Waals surface area contributed by atoms with Crippen molar-refractivity contribution >= 4 is 10.0 Å². The molecule has 0 aliphatic rings. The molecule has 0 spiro atoms. The predicted octanol–water partition coefficient (Wildman–Crippen LogP) is 4.09. The molecule has 0 fully saturated rings. The third-order valence-corrected chi connectivity index (χ3v) is 5.06. The van der Waals surface area contributed by atoms with E-state index in [1.807, 2.05) is 12.1 Å². The third-order valence-electron chi connectivity index (χ3n) is 4.13. The number of sulfonamides is 1. The van der Waals surface area contributed by atoms with Gasteiger partial charge in [0, 0.05) is 7.11 Å². The van der Waals surface area contributed by atoms with E-state index in [2.05, 4.69) is 0 Å². The number of benzene rings is 3. The van der Waals surface area contributed by atoms with Gasteiger partial charge >= 0.3 is 0 Å². The van der Waals surface area contributed by atoms with E-state index in [1.54, 1.807) is 19.2 Å². The Kier molecular flexibility index (Phi) is 5.36. The number of ether oxygens (including phenoxy) is 1. The molecule has 0 saturated heterocycles. The highest BCUT2D eigenvalue weighted by Gasteiger charge is 2.15. The Labute approximate surface area is 156 Å². The van der Waals surface area contributed by atoms with Gasteiger partial charge in [-0.15, -0.1) is 0 Å². The molecule has 0 amide bonds. The van der Waals surface area contributed by atoms with E-state index < -0.39 is 21.7 Å². The SMILES string of the molecule is COCc1ccc(-c2cc(F)c(F)cc2-c2ccc(S(N)(=O)=O)cc2)cc1. The van der Waals surface area contributed by atoms with Gasteiger partial charge in [0.2, 0.25) is 10.0 Å². The highest BCUT2D eigenvalue weighted by atomic mass is 32.2. The Morgan fingerprint density at radius 2 is 1.30 bits per heavy atom. The number of methoxy groups -OCH3 is 1. The summed E-state index contributed by atoms with van der Waals surface area (Å²) in [4.78, 5) is -0.0562. The largest absolute Gasteiger partial charge is 0.380 e. The van der Waals surface area contributed by atoms with Crippen LogP contribution in [0.2, 0.25) is 0 Å². The van der Waals surface area contributed by atoms with Crippen LogP contribution in [0.5, 0.6) is 0 Å². The van der Waals surface area contributed by atoms with Crippen LogP contribution >= 0.6 is 0 Å². The van der Waals surface area contributed by atoms with Crippen LogP contribution in [0.15, 0.2) is 65.6 Å². The van der Waals surface area contributed by atoms with Crippen LogP contribution in [0.3, 0.4) is 0 Å². The maximum Gasteiger partial charge on any atom is 0.238 e. The molecule has 0 atom stereocenters. The van der Waals surface area contributed by atoms with Crippen LogP contribution < -0.4 is 5.14 Å². The van der Waals surface area contributed by atoms with Crippen LogP contribution in [0.1, 0.15) is 5.56 Å². The van der Waals surface area contributed by atoms with Crippen molar-refractivity contribution in [1.82, 2.24) is 0 Å². The molecule has 27 heavy (non-hydrogen) atoms. The second-order valence-corrected chi connectivity index (χ2v) is 7.57. The maximum absolute atomic E-state index is 13.9. The molecule has 3 aromatic carbocycles. The summed E-state index contributed by atoms with van der Waals surface area (Å²) in [5.41, 5.74) is 3.11. The van der Waals surface area contributed by atoms with Gasteiger partial charge in [0.05, 0.1) is 11.5 Å². The highest BCUT2D eigenvalue weighted by molar-refractivity contribution is 7.89. The molecule has 0 aliphatic heterocycles. The van der Waals surface area contributed by atoms with Gasteiger partial charge in [-0.05, 0) is 52.1 Å². The molecule has 0 unspecified atom stereocenters. The van der Waals surface area contributed by atoms with Gasteiger partial charge in [-0.1, -0.05) is 36.4 Å². The van der Waals surface area contributed by atoms with Crippen molar-refractivity contribution in [3.05, 3.63) is 77.9 Å². The monoisotopic (exact) mass is 389 g/mol. The van der Waals surface area contributed by atoms with Crippen LogP contribution in [-0.4, -0.2) is 15.5 Å². The summed E-state index contributed by atoms with van der Waals surface area (Å²) < 4.78 is 55.7. The second kappa shape index (κ2) is 7.56. The highest BCUT2D eigenvalue weighted by Crippen LogP contribution is 2.34. The minimum absolute atomic E-state index is 0.0562. The molecule has 3 rings (SSSR count). The summed E-state index contributed by atoms with van der Waals surface area (Å²) in [6.07, 6.45) is 0. The average Bonchev–Trinajstić information content (AvgIpc) is 2.64. The lowest BCUT2D eigenvalue weighted by Crippen LogP contribution is -2.11. The van der Waals surface area contributed by atoms with Gasteiger partial charge in [-0.2, -0.15) is 0 Å². The molecule has 0 saturated carbocycles. The molecule has 0 aromatic heterocycles. The normalized spacial score (nSPS) is 11.6. The lowest BCUT2D eigenvalue weighted by molar-refractivity contribution is 0.185. The lowest BCUT2D eigenvalue weighted by atomic mass is 9.94. The molecule has 0 heterocycles. The predicted molar refractivity (Wildman–Crippen MR) is 99.3 cm³/mol. The Morgan fingerprint density at radius 1 is 0.852 bits per heavy atom. The van der Waals surface area contributed by atoms with E-state index in [9.17, 15) is 17.2 Å². The number of halogens is 2. The first-order valence-electron chi connectivity index (χ1n) is 8.00. The molecule has 3 aromatic rings. The van der Waals surface area contributed by atoms with Crippen LogP contribution in [0.4, 0.5) is 8.78 Å². The fourth-order valence-electron chi connectivity index (χ4n) is 2.80. The zero-order chi connectivity index (χ0) is 19.6. The first kappa shape index (κ1) is 19.2. The summed E-state index contributed by atoms with van der Waals surface area (Å²) in [6, 6.07) is 15.2. The van der Waals surface area contributed by atoms with Gasteiger partial charge < -0.3 is 4.74 Å². The van der Waals surface area contributed by atoms with Crippen LogP contribution in [0.25, 0.3) is 22.3 Å². The van der Waals surface area contributed by atoms with Gasteiger partial charge in [0.1, 0.15) is 0 Å². The fraction of sp³-hybridized carbons (Fsp3) is 0.100. The molecular weight excluding hydrogens is 372 g/mol. The molecule has 0 bridgehead atoms. The maximum atomic E-state index is 13.9. The summed E-state index contributed by atoms with van der Waals surface area (Å²) in [6.45, 7) is 0.444. The molecule has 2 N–H and O–H groups in total. The first-order valence-corrected chi connectivity index (χ1v) is 9.55. The Balaban J connectivity index is 2.11. The van der Waals surface area contributed by atoms with Crippen molar-refractivity contribution in [2.24, 2.45) is 5.14 Å². The first-order chi connectivity index (χ1) is 12.8. The van der Waals surface area contributed by atoms with Gasteiger partial charge in [-0.25, -0.2) is 22.3 Å². The van der Waals surface area contributed by atoms with E-state index in [-0.39, 0.29) is 4.90 Å². The Morgan fingerprint density at radius 3 is 1.70 bits per heavy atom. The van der Waals surface area contributed by atoms with Gasteiger partial charge in [0.25, 0.3) is 0 Å². The van der Waals surface area contributed by atoms with Crippen molar-refractivity contribution < 1.29 is 21.9 Å². The number of nitrogens with two attached hydrogens (primary N) is 1. The van der Waals surface area contributed by atoms with E-state index in [0.29, 0.717) is 28.9 Å². The van der Waals surface area contributed by atoms with E-state index in [4.69, 9.17) is 9.88 Å². The lowest BCUT2D eigenvalue weighted by Gasteiger charge is -2.12. The summed E-state index contributed by atoms with van der Waals surface area (Å²) in [5.74, 6) is -1.95. The van der Waals surface area contributed by atoms with Crippen molar-refractivity contribution in [2.75, 3.05) is 7.11 Å². The molecule has 0 radical (unpaired) electrons. The standard InChI is InChI=1S/C20H17F2NO3S/c1-26-12-13-2-4-14(5-3-13)17-10-19(21)20(22)11-18(17)15-6-8-16(9-7-15)27(23,24)25/h2-11H,12H2,1H3,(H2,23,24,25). The second-order valence-electron chi connectivity index (χ2n) is 6.01. The minimum atomic E-state index is -3.84. The minimum Gasteiger partial charge on any atom is -0.380 e. The molecule has 7 heteroatoms. The molecule has 140 valence electrons. The van der Waals surface area contributed by atoms with Crippen molar-refractivity contribution in [3.63, 3.8) is 0 Å². The fourth-order valence-corrected chi connectivity index (χ4v) is 3.31. The smallest absolute Gasteiger partial charge is 0.238 e. The van der Waals surface area contributed by atoms with E-state index >= 15 is 0 Å². The molecule has 4 nitrogen and oxygen atoms in total. The summed E-state index contributed by atoms with van der Waals surface area (Å²) in [5, 5.41) is 5.10. The quantitative estimate of drug-likeness (QED) is 0.714. The Bertz CT molecular complexity index is 1060. The van der Waals surface area contributed by atoms with Crippen LogP contribution in [-0.2, 0) is 21.4 Å². The summed E-state index contributed by atoms with van der Waals surface area (Å²) >= 11 is 0. The Hall–Kier alpha value is -2.61. The molecular formula is C20H17F2NO3S. The van der Waals surface area contributed by atoms with Crippen molar-refractivity contribution in [3.8, 4) is 22.3 Å². The summed E-state index contributed by atoms with van der Waals surface area (Å²) in [7, 11) is -2.25. The van der Waals surface area contributed by atoms with E-state index in [0.717, 1.165) is 17.7 Å². The third kappa shape index (κ3) is 4.21. The van der Waals surface area contributed by atoms with Crippen molar-refractivity contribution in [1.29, 1.82) is 0 Å². The molecule has 0 aliphatic carbocycles. The number of hydrogen-bond acceptors (Lipinski definition) is 3. The number of hydrogen-bond donors (Lipinski definition) is 1. The topological polar surface area (TPSA) is 69.4 Å². The van der Waals surface area contributed by atoms with E-state index in [1.165, 1.54) is 24.3 Å². The number of primary sulfonamides is 1. The zero-order valence-electron chi connectivity index (χ0n) is 14.4. The number of rotatable bonds is 5. The van der Waals surface area contributed by atoms with Gasteiger partial charge in [-0.3, -0.25) is 0 Å². The van der Waals surface area contributed by atoms with Crippen LogP contribution in [0, 0.1) is 11.6 Å². The van der Waals surface area contributed by atoms with Crippen molar-refractivity contribution in [2.45, 2.75) is 11.5 Å².